The van der Waals surface area contributed by atoms with Crippen LogP contribution in [-0.2, 0) is 10.0 Å². The smallest absolute Gasteiger partial charge is 0.212 e. The molecule has 0 aliphatic rings. The highest BCUT2D eigenvalue weighted by Crippen LogP contribution is 2.20. The van der Waals surface area contributed by atoms with Crippen molar-refractivity contribution in [3.05, 3.63) is 34.3 Å². The van der Waals surface area contributed by atoms with E-state index in [1.54, 1.807) is 13.8 Å². The molecule has 0 amide bonds. The van der Waals surface area contributed by atoms with Crippen LogP contribution in [0.2, 0.25) is 0 Å². The summed E-state index contributed by atoms with van der Waals surface area (Å²) in [7, 11) is -3.23. The summed E-state index contributed by atoms with van der Waals surface area (Å²) in [5, 5.41) is -0.410. The van der Waals surface area contributed by atoms with Gasteiger partial charge in [0, 0.05) is 10.5 Å². The minimum atomic E-state index is -3.23. The molecule has 0 heterocycles. The predicted octanol–water partition coefficient (Wildman–Crippen LogP) is 3.23. The van der Waals surface area contributed by atoms with Crippen LogP contribution in [0, 0.1) is 0 Å². The molecule has 0 spiro atoms. The lowest BCUT2D eigenvalue weighted by Gasteiger charge is -2.19. The van der Waals surface area contributed by atoms with Gasteiger partial charge in [-0.1, -0.05) is 35.0 Å². The van der Waals surface area contributed by atoms with E-state index in [-0.39, 0.29) is 6.04 Å². The molecule has 0 aliphatic carbocycles. The molecule has 0 fully saturated rings. The van der Waals surface area contributed by atoms with Crippen molar-refractivity contribution in [1.82, 2.24) is 4.72 Å². The summed E-state index contributed by atoms with van der Waals surface area (Å²) in [4.78, 5) is 0. The molecular formula is C12H18BrNO2S. The maximum atomic E-state index is 11.8. The SMILES string of the molecule is CCC(NS(=O)(=O)C(C)C)c1ccc(Br)cc1. The van der Waals surface area contributed by atoms with Crippen molar-refractivity contribution >= 4 is 26.0 Å². The van der Waals surface area contributed by atoms with Gasteiger partial charge in [0.05, 0.1) is 5.25 Å². The van der Waals surface area contributed by atoms with E-state index in [0.29, 0.717) is 0 Å². The molecule has 0 saturated heterocycles. The predicted molar refractivity (Wildman–Crippen MR) is 74.4 cm³/mol. The Morgan fingerprint density at radius 1 is 1.24 bits per heavy atom. The van der Waals surface area contributed by atoms with E-state index in [1.807, 2.05) is 31.2 Å². The van der Waals surface area contributed by atoms with Gasteiger partial charge >= 0.3 is 0 Å². The normalized spacial score (nSPS) is 13.9. The average molecular weight is 320 g/mol. The maximum Gasteiger partial charge on any atom is 0.214 e. The van der Waals surface area contributed by atoms with Crippen LogP contribution < -0.4 is 4.72 Å². The molecule has 0 saturated carbocycles. The first-order valence-corrected chi connectivity index (χ1v) is 7.97. The highest BCUT2D eigenvalue weighted by molar-refractivity contribution is 9.10. The van der Waals surface area contributed by atoms with Crippen molar-refractivity contribution in [2.24, 2.45) is 0 Å². The van der Waals surface area contributed by atoms with Crippen molar-refractivity contribution < 1.29 is 8.42 Å². The summed E-state index contributed by atoms with van der Waals surface area (Å²) >= 11 is 3.36. The standard InChI is InChI=1S/C12H18BrNO2S/c1-4-12(14-17(15,16)9(2)3)10-5-7-11(13)8-6-10/h5-9,12,14H,4H2,1-3H3. The number of halogens is 1. The molecule has 1 aromatic carbocycles. The molecule has 5 heteroatoms. The molecule has 96 valence electrons. The maximum absolute atomic E-state index is 11.8. The van der Waals surface area contributed by atoms with Crippen LogP contribution in [0.5, 0.6) is 0 Å². The lowest BCUT2D eigenvalue weighted by molar-refractivity contribution is 0.542. The molecule has 0 radical (unpaired) electrons. The Bertz CT molecular complexity index is 454. The van der Waals surface area contributed by atoms with Gasteiger partial charge in [-0.2, -0.15) is 0 Å². The monoisotopic (exact) mass is 319 g/mol. The molecule has 17 heavy (non-hydrogen) atoms. The van der Waals surface area contributed by atoms with Crippen LogP contribution in [0.4, 0.5) is 0 Å². The Morgan fingerprint density at radius 3 is 2.18 bits per heavy atom. The summed E-state index contributed by atoms with van der Waals surface area (Å²) in [5.74, 6) is 0. The lowest BCUT2D eigenvalue weighted by atomic mass is 10.1. The Labute approximate surface area is 112 Å². The summed E-state index contributed by atoms with van der Waals surface area (Å²) < 4.78 is 27.4. The van der Waals surface area contributed by atoms with Crippen LogP contribution in [-0.4, -0.2) is 13.7 Å². The third-order valence-corrected chi connectivity index (χ3v) is 4.99. The van der Waals surface area contributed by atoms with Gasteiger partial charge in [-0.05, 0) is 38.0 Å². The van der Waals surface area contributed by atoms with E-state index < -0.39 is 15.3 Å². The molecule has 1 N–H and O–H groups in total. The Morgan fingerprint density at radius 2 is 1.76 bits per heavy atom. The zero-order valence-electron chi connectivity index (χ0n) is 10.3. The highest BCUT2D eigenvalue weighted by atomic mass is 79.9. The van der Waals surface area contributed by atoms with Crippen LogP contribution in [0.1, 0.15) is 38.8 Å². The van der Waals surface area contributed by atoms with Crippen molar-refractivity contribution in [3.63, 3.8) is 0 Å². The molecule has 0 bridgehead atoms. The molecule has 1 rings (SSSR count). The molecule has 1 unspecified atom stereocenters. The van der Waals surface area contributed by atoms with Gasteiger partial charge in [-0.15, -0.1) is 0 Å². The fraction of sp³-hybridized carbons (Fsp3) is 0.500. The fourth-order valence-corrected chi connectivity index (χ4v) is 2.65. The largest absolute Gasteiger partial charge is 0.214 e. The number of benzene rings is 1. The van der Waals surface area contributed by atoms with E-state index in [0.717, 1.165) is 16.5 Å². The quantitative estimate of drug-likeness (QED) is 0.905. The number of rotatable bonds is 5. The Hall–Kier alpha value is -0.390. The molecule has 1 aromatic rings. The fourth-order valence-electron chi connectivity index (χ4n) is 1.42. The molecule has 0 aromatic heterocycles. The molecule has 3 nitrogen and oxygen atoms in total. The first-order valence-electron chi connectivity index (χ1n) is 5.63. The first kappa shape index (κ1) is 14.7. The van der Waals surface area contributed by atoms with Gasteiger partial charge in [-0.3, -0.25) is 0 Å². The molecule has 0 aliphatic heterocycles. The topological polar surface area (TPSA) is 46.2 Å². The van der Waals surface area contributed by atoms with Gasteiger partial charge in [-0.25, -0.2) is 13.1 Å². The van der Waals surface area contributed by atoms with Gasteiger partial charge in [0.15, 0.2) is 0 Å². The zero-order chi connectivity index (χ0) is 13.1. The van der Waals surface area contributed by atoms with Gasteiger partial charge in [0.1, 0.15) is 0 Å². The zero-order valence-corrected chi connectivity index (χ0v) is 12.7. The van der Waals surface area contributed by atoms with Gasteiger partial charge in [0.2, 0.25) is 10.0 Å². The highest BCUT2D eigenvalue weighted by Gasteiger charge is 2.21. The minimum Gasteiger partial charge on any atom is -0.212 e. The van der Waals surface area contributed by atoms with E-state index in [4.69, 9.17) is 0 Å². The third kappa shape index (κ3) is 4.08. The van der Waals surface area contributed by atoms with Crippen LogP contribution in [0.3, 0.4) is 0 Å². The molecular weight excluding hydrogens is 302 g/mol. The number of hydrogen-bond donors (Lipinski definition) is 1. The minimum absolute atomic E-state index is 0.157. The number of nitrogens with one attached hydrogen (secondary N) is 1. The summed E-state index contributed by atoms with van der Waals surface area (Å²) in [6, 6.07) is 7.54. The van der Waals surface area contributed by atoms with Crippen LogP contribution in [0.25, 0.3) is 0 Å². The van der Waals surface area contributed by atoms with E-state index >= 15 is 0 Å². The van der Waals surface area contributed by atoms with Gasteiger partial charge in [0.25, 0.3) is 0 Å². The Balaban J connectivity index is 2.90. The van der Waals surface area contributed by atoms with E-state index in [1.165, 1.54) is 0 Å². The van der Waals surface area contributed by atoms with Crippen molar-refractivity contribution in [2.75, 3.05) is 0 Å². The van der Waals surface area contributed by atoms with Gasteiger partial charge < -0.3 is 0 Å². The lowest BCUT2D eigenvalue weighted by Crippen LogP contribution is -2.33. The second-order valence-electron chi connectivity index (χ2n) is 4.22. The van der Waals surface area contributed by atoms with Crippen molar-refractivity contribution in [2.45, 2.75) is 38.5 Å². The van der Waals surface area contributed by atoms with Crippen LogP contribution in [0.15, 0.2) is 28.7 Å². The number of hydrogen-bond acceptors (Lipinski definition) is 2. The second kappa shape index (κ2) is 5.98. The van der Waals surface area contributed by atoms with Crippen molar-refractivity contribution in [1.29, 1.82) is 0 Å². The Kier molecular flexibility index (Phi) is 5.16. The van der Waals surface area contributed by atoms with E-state index in [9.17, 15) is 8.42 Å². The van der Waals surface area contributed by atoms with Crippen molar-refractivity contribution in [3.8, 4) is 0 Å². The molecule has 1 atom stereocenters. The second-order valence-corrected chi connectivity index (χ2v) is 7.41. The average Bonchev–Trinajstić information content (AvgIpc) is 2.27. The number of sulfonamides is 1. The summed E-state index contributed by atoms with van der Waals surface area (Å²) in [6.45, 7) is 5.32. The summed E-state index contributed by atoms with van der Waals surface area (Å²) in [6.07, 6.45) is 0.730. The van der Waals surface area contributed by atoms with Crippen LogP contribution >= 0.6 is 15.9 Å². The third-order valence-electron chi connectivity index (χ3n) is 2.61. The first-order chi connectivity index (χ1) is 7.86. The van der Waals surface area contributed by atoms with E-state index in [2.05, 4.69) is 20.7 Å². The summed E-state index contributed by atoms with van der Waals surface area (Å²) in [5.41, 5.74) is 0.986.